The topological polar surface area (TPSA) is 16.1 Å². The third kappa shape index (κ3) is 7.24. The van der Waals surface area contributed by atoms with Crippen molar-refractivity contribution >= 4 is 17.0 Å². The number of benzene rings is 2. The molecule has 1 heterocycles. The van der Waals surface area contributed by atoms with Crippen LogP contribution in [0.25, 0.3) is 0 Å². The average molecular weight is 425 g/mol. The molecule has 0 fully saturated rings. The summed E-state index contributed by atoms with van der Waals surface area (Å²) in [6, 6.07) is 15.5. The molecule has 2 nitrogen and oxygen atoms in total. The third-order valence-electron chi connectivity index (χ3n) is 5.48. The molecule has 30 heavy (non-hydrogen) atoms. The molecule has 0 radical (unpaired) electrons. The van der Waals surface area contributed by atoms with Crippen molar-refractivity contribution in [1.29, 1.82) is 0 Å². The number of hydrogen-bond acceptors (Lipinski definition) is 3. The van der Waals surface area contributed by atoms with E-state index in [1.165, 1.54) is 61.9 Å². The predicted molar refractivity (Wildman–Crippen MR) is 127 cm³/mol. The maximum atomic E-state index is 13.1. The number of anilines is 1. The molecule has 160 valence electrons. The summed E-state index contributed by atoms with van der Waals surface area (Å²) in [5, 5.41) is 3.24. The van der Waals surface area contributed by atoms with Gasteiger partial charge in [0, 0.05) is 37.5 Å². The Morgan fingerprint density at radius 1 is 0.833 bits per heavy atom. The van der Waals surface area contributed by atoms with Crippen LogP contribution in [0.5, 0.6) is 0 Å². The fraction of sp³-hybridized carbons (Fsp3) is 0.423. The van der Waals surface area contributed by atoms with Gasteiger partial charge in [-0.3, -0.25) is 0 Å². The quantitative estimate of drug-likeness (QED) is 0.284. The van der Waals surface area contributed by atoms with E-state index in [0.717, 1.165) is 35.7 Å². The van der Waals surface area contributed by atoms with Crippen LogP contribution < -0.4 is 4.90 Å². The Hall–Kier alpha value is -2.20. The van der Waals surface area contributed by atoms with Gasteiger partial charge in [-0.25, -0.2) is 9.37 Å². The molecule has 1 aromatic heterocycles. The van der Waals surface area contributed by atoms with Crippen molar-refractivity contribution < 1.29 is 4.39 Å². The average Bonchev–Trinajstić information content (AvgIpc) is 3.19. The molecule has 3 aromatic rings. The molecule has 0 spiro atoms. The fourth-order valence-corrected chi connectivity index (χ4v) is 4.45. The molecular formula is C26H33FN2S. The van der Waals surface area contributed by atoms with Crippen molar-refractivity contribution in [3.05, 3.63) is 81.6 Å². The van der Waals surface area contributed by atoms with E-state index in [-0.39, 0.29) is 5.82 Å². The number of thiazole rings is 1. The van der Waals surface area contributed by atoms with Gasteiger partial charge in [0.2, 0.25) is 0 Å². The van der Waals surface area contributed by atoms with Crippen LogP contribution >= 0.6 is 11.3 Å². The first-order valence-electron chi connectivity index (χ1n) is 11.1. The second-order valence-electron chi connectivity index (χ2n) is 8.07. The monoisotopic (exact) mass is 424 g/mol. The minimum atomic E-state index is -0.196. The molecule has 0 aliphatic heterocycles. The molecule has 0 saturated heterocycles. The summed E-state index contributed by atoms with van der Waals surface area (Å²) in [5.41, 5.74) is 4.71. The van der Waals surface area contributed by atoms with Crippen LogP contribution in [0.15, 0.2) is 53.9 Å². The van der Waals surface area contributed by atoms with Crippen LogP contribution in [-0.2, 0) is 12.8 Å². The molecule has 4 heteroatoms. The van der Waals surface area contributed by atoms with E-state index in [2.05, 4.69) is 48.5 Å². The highest BCUT2D eigenvalue weighted by Gasteiger charge is 2.06. The van der Waals surface area contributed by atoms with Gasteiger partial charge in [-0.05, 0) is 41.8 Å². The van der Waals surface area contributed by atoms with Gasteiger partial charge in [-0.2, -0.15) is 0 Å². The van der Waals surface area contributed by atoms with Crippen LogP contribution in [0.1, 0.15) is 67.3 Å². The number of hydrogen-bond donors (Lipinski definition) is 0. The van der Waals surface area contributed by atoms with E-state index < -0.39 is 0 Å². The van der Waals surface area contributed by atoms with Crippen molar-refractivity contribution in [3.8, 4) is 0 Å². The minimum Gasteiger partial charge on any atom is -0.375 e. The van der Waals surface area contributed by atoms with E-state index in [4.69, 9.17) is 4.98 Å². The van der Waals surface area contributed by atoms with Gasteiger partial charge < -0.3 is 4.90 Å². The van der Waals surface area contributed by atoms with Gasteiger partial charge in [0.25, 0.3) is 0 Å². The smallest absolute Gasteiger partial charge is 0.123 e. The lowest BCUT2D eigenvalue weighted by Crippen LogP contribution is -2.18. The van der Waals surface area contributed by atoms with Crippen LogP contribution in [0.4, 0.5) is 10.1 Å². The molecule has 0 aliphatic carbocycles. The summed E-state index contributed by atoms with van der Waals surface area (Å²) in [6.07, 6.45) is 9.60. The minimum absolute atomic E-state index is 0.196. The lowest BCUT2D eigenvalue weighted by molar-refractivity contribution is 0.606. The van der Waals surface area contributed by atoms with Gasteiger partial charge in [0.05, 0.1) is 10.7 Å². The van der Waals surface area contributed by atoms with E-state index in [9.17, 15) is 4.39 Å². The van der Waals surface area contributed by atoms with Crippen molar-refractivity contribution in [3.63, 3.8) is 0 Å². The molecule has 0 atom stereocenters. The largest absolute Gasteiger partial charge is 0.375 e. The highest BCUT2D eigenvalue weighted by molar-refractivity contribution is 7.09. The zero-order chi connectivity index (χ0) is 21.2. The molecule has 0 saturated carbocycles. The standard InChI is InChI=1S/C26H33FN2S/c1-3-4-5-6-7-8-17-29(2)25-15-11-22(12-16-25)19-26-28-24(20-30-26)18-21-9-13-23(27)14-10-21/h9-16,20H,3-8,17-19H2,1-2H3. The Kier molecular flexibility index (Phi) is 8.88. The zero-order valence-electron chi connectivity index (χ0n) is 18.2. The maximum absolute atomic E-state index is 13.1. The number of aromatic nitrogens is 1. The second kappa shape index (κ2) is 11.8. The van der Waals surface area contributed by atoms with Crippen LogP contribution in [-0.4, -0.2) is 18.6 Å². The number of rotatable bonds is 12. The van der Waals surface area contributed by atoms with Crippen LogP contribution in [0.3, 0.4) is 0 Å². The van der Waals surface area contributed by atoms with Gasteiger partial charge in [0.1, 0.15) is 5.82 Å². The number of unbranched alkanes of at least 4 members (excludes halogenated alkanes) is 5. The highest BCUT2D eigenvalue weighted by atomic mass is 32.1. The summed E-state index contributed by atoms with van der Waals surface area (Å²) >= 11 is 1.70. The molecule has 0 N–H and O–H groups in total. The second-order valence-corrected chi connectivity index (χ2v) is 9.01. The Bertz CT molecular complexity index is 871. The summed E-state index contributed by atoms with van der Waals surface area (Å²) in [4.78, 5) is 7.12. The Morgan fingerprint density at radius 3 is 2.20 bits per heavy atom. The van der Waals surface area contributed by atoms with Crippen LogP contribution in [0, 0.1) is 5.82 Å². The lowest BCUT2D eigenvalue weighted by atomic mass is 10.1. The molecule has 0 aliphatic rings. The van der Waals surface area contributed by atoms with Crippen molar-refractivity contribution in [2.24, 2.45) is 0 Å². The van der Waals surface area contributed by atoms with Gasteiger partial charge in [-0.15, -0.1) is 11.3 Å². The first kappa shape index (κ1) is 22.5. The summed E-state index contributed by atoms with van der Waals surface area (Å²) < 4.78 is 13.1. The molecule has 0 unspecified atom stereocenters. The molecular weight excluding hydrogens is 391 g/mol. The van der Waals surface area contributed by atoms with Crippen LogP contribution in [0.2, 0.25) is 0 Å². The Balaban J connectivity index is 1.46. The number of halogens is 1. The SMILES string of the molecule is CCCCCCCCN(C)c1ccc(Cc2nc(Cc3ccc(F)cc3)cs2)cc1. The highest BCUT2D eigenvalue weighted by Crippen LogP contribution is 2.20. The lowest BCUT2D eigenvalue weighted by Gasteiger charge is -2.19. The van der Waals surface area contributed by atoms with E-state index in [1.54, 1.807) is 11.3 Å². The van der Waals surface area contributed by atoms with Crippen molar-refractivity contribution in [2.75, 3.05) is 18.5 Å². The molecule has 2 aromatic carbocycles. The van der Waals surface area contributed by atoms with Gasteiger partial charge in [-0.1, -0.05) is 63.3 Å². The normalized spacial score (nSPS) is 11.0. The fourth-order valence-electron chi connectivity index (χ4n) is 3.62. The number of nitrogens with zero attached hydrogens (tertiary/aromatic N) is 2. The first-order valence-corrected chi connectivity index (χ1v) is 12.0. The molecule has 0 amide bonds. The van der Waals surface area contributed by atoms with Crippen molar-refractivity contribution in [2.45, 2.75) is 58.3 Å². The predicted octanol–water partition coefficient (Wildman–Crippen LogP) is 7.26. The zero-order valence-corrected chi connectivity index (χ0v) is 19.1. The van der Waals surface area contributed by atoms with E-state index in [1.807, 2.05) is 12.1 Å². The Morgan fingerprint density at radius 2 is 1.47 bits per heavy atom. The molecule has 0 bridgehead atoms. The summed E-state index contributed by atoms with van der Waals surface area (Å²) in [5.74, 6) is -0.196. The summed E-state index contributed by atoms with van der Waals surface area (Å²) in [7, 11) is 2.18. The molecule has 3 rings (SSSR count). The first-order chi connectivity index (χ1) is 14.6. The van der Waals surface area contributed by atoms with Crippen molar-refractivity contribution in [1.82, 2.24) is 4.98 Å². The third-order valence-corrected chi connectivity index (χ3v) is 6.37. The van der Waals surface area contributed by atoms with Gasteiger partial charge >= 0.3 is 0 Å². The van der Waals surface area contributed by atoms with Gasteiger partial charge in [0.15, 0.2) is 0 Å². The van der Waals surface area contributed by atoms with E-state index in [0.29, 0.717) is 0 Å². The Labute approximate surface area is 184 Å². The maximum Gasteiger partial charge on any atom is 0.123 e. The summed E-state index contributed by atoms with van der Waals surface area (Å²) in [6.45, 7) is 3.38. The van der Waals surface area contributed by atoms with E-state index >= 15 is 0 Å².